The molecule has 0 fully saturated rings. The van der Waals surface area contributed by atoms with Gasteiger partial charge in [-0.05, 0) is 44.0 Å². The Morgan fingerprint density at radius 3 is 2.42 bits per heavy atom. The maximum absolute atomic E-state index is 11.5. The van der Waals surface area contributed by atoms with Crippen molar-refractivity contribution < 1.29 is 19.4 Å². The highest BCUT2D eigenvalue weighted by atomic mass is 16.5. The summed E-state index contributed by atoms with van der Waals surface area (Å²) < 4.78 is 11.0. The van der Waals surface area contributed by atoms with E-state index < -0.39 is 6.10 Å². The van der Waals surface area contributed by atoms with Gasteiger partial charge in [0, 0.05) is 11.6 Å². The molecular weight excluding hydrogens is 244 g/mol. The Balaban J connectivity index is 2.30. The van der Waals surface area contributed by atoms with Crippen LogP contribution in [0.2, 0.25) is 0 Å². The molecule has 1 N–H and O–H groups in total. The number of hydrogen-bond acceptors (Lipinski definition) is 4. The molecule has 0 saturated heterocycles. The van der Waals surface area contributed by atoms with Gasteiger partial charge in [0.15, 0.2) is 11.9 Å². The molecule has 1 heterocycles. The van der Waals surface area contributed by atoms with E-state index in [1.165, 1.54) is 6.08 Å². The van der Waals surface area contributed by atoms with E-state index in [2.05, 4.69) is 0 Å². The molecular formula is C15H18O4. The summed E-state index contributed by atoms with van der Waals surface area (Å²) in [6, 6.07) is 3.85. The summed E-state index contributed by atoms with van der Waals surface area (Å²) >= 11 is 0. The van der Waals surface area contributed by atoms with Crippen LogP contribution in [-0.4, -0.2) is 30.2 Å². The average molecular weight is 262 g/mol. The van der Waals surface area contributed by atoms with Crippen molar-refractivity contribution in [2.75, 3.05) is 13.2 Å². The van der Waals surface area contributed by atoms with E-state index in [4.69, 9.17) is 14.6 Å². The van der Waals surface area contributed by atoms with Crippen molar-refractivity contribution >= 4 is 11.5 Å². The molecule has 1 aromatic rings. The van der Waals surface area contributed by atoms with Gasteiger partial charge in [0.1, 0.15) is 18.1 Å². The molecule has 0 spiro atoms. The second kappa shape index (κ2) is 5.45. The van der Waals surface area contributed by atoms with Crippen molar-refractivity contribution in [2.24, 2.45) is 0 Å². The molecule has 0 aliphatic carbocycles. The molecule has 19 heavy (non-hydrogen) atoms. The zero-order valence-electron chi connectivity index (χ0n) is 11.4. The number of rotatable bonds is 4. The summed E-state index contributed by atoms with van der Waals surface area (Å²) in [6.45, 7) is 5.87. The number of carbonyl (C=O) groups is 1. The molecule has 102 valence electrons. The lowest BCUT2D eigenvalue weighted by molar-refractivity contribution is -0.119. The van der Waals surface area contributed by atoms with Crippen LogP contribution in [0.5, 0.6) is 5.75 Å². The second-order valence-electron chi connectivity index (χ2n) is 4.68. The Hall–Kier alpha value is -1.81. The Labute approximate surface area is 112 Å². The maximum atomic E-state index is 11.5. The van der Waals surface area contributed by atoms with E-state index in [0.717, 1.165) is 22.4 Å². The Morgan fingerprint density at radius 2 is 1.95 bits per heavy atom. The second-order valence-corrected chi connectivity index (χ2v) is 4.68. The lowest BCUT2D eigenvalue weighted by atomic mass is 10.0. The summed E-state index contributed by atoms with van der Waals surface area (Å²) in [5, 5.41) is 8.80. The van der Waals surface area contributed by atoms with E-state index >= 15 is 0 Å². The third-order valence-electron chi connectivity index (χ3n) is 3.06. The fourth-order valence-corrected chi connectivity index (χ4v) is 2.15. The predicted octanol–water partition coefficient (Wildman–Crippen LogP) is 2.00. The van der Waals surface area contributed by atoms with Crippen LogP contribution in [-0.2, 0) is 9.53 Å². The first kappa shape index (κ1) is 13.6. The van der Waals surface area contributed by atoms with Gasteiger partial charge in [-0.3, -0.25) is 4.79 Å². The molecule has 4 nitrogen and oxygen atoms in total. The molecule has 2 rings (SSSR count). The number of hydrogen-bond donors (Lipinski definition) is 1. The SMILES string of the molecule is Cc1cc(C2=CC(=O)C(C)O2)cc(C)c1OCCO. The molecule has 1 aliphatic heterocycles. The van der Waals surface area contributed by atoms with Crippen molar-refractivity contribution in [2.45, 2.75) is 26.9 Å². The van der Waals surface area contributed by atoms with Crippen LogP contribution in [0.15, 0.2) is 18.2 Å². The van der Waals surface area contributed by atoms with Crippen LogP contribution in [0, 0.1) is 13.8 Å². The molecule has 0 radical (unpaired) electrons. The highest BCUT2D eigenvalue weighted by Gasteiger charge is 2.24. The fraction of sp³-hybridized carbons (Fsp3) is 0.400. The van der Waals surface area contributed by atoms with Gasteiger partial charge in [-0.25, -0.2) is 0 Å². The van der Waals surface area contributed by atoms with Gasteiger partial charge in [-0.1, -0.05) is 0 Å². The minimum Gasteiger partial charge on any atom is -0.491 e. The van der Waals surface area contributed by atoms with Crippen LogP contribution in [0.25, 0.3) is 5.76 Å². The van der Waals surface area contributed by atoms with Gasteiger partial charge in [-0.2, -0.15) is 0 Å². The van der Waals surface area contributed by atoms with Crippen molar-refractivity contribution in [3.8, 4) is 5.75 Å². The van der Waals surface area contributed by atoms with Gasteiger partial charge < -0.3 is 14.6 Å². The average Bonchev–Trinajstić information content (AvgIpc) is 2.68. The molecule has 1 aromatic carbocycles. The normalized spacial score (nSPS) is 18.2. The van der Waals surface area contributed by atoms with Crippen LogP contribution in [0.4, 0.5) is 0 Å². The third-order valence-corrected chi connectivity index (χ3v) is 3.06. The first-order chi connectivity index (χ1) is 9.02. The minimum atomic E-state index is -0.402. The first-order valence-electron chi connectivity index (χ1n) is 6.30. The predicted molar refractivity (Wildman–Crippen MR) is 72.0 cm³/mol. The van der Waals surface area contributed by atoms with Crippen LogP contribution in [0.3, 0.4) is 0 Å². The number of carbonyl (C=O) groups excluding carboxylic acids is 1. The first-order valence-corrected chi connectivity index (χ1v) is 6.30. The van der Waals surface area contributed by atoms with Gasteiger partial charge >= 0.3 is 0 Å². The van der Waals surface area contributed by atoms with Crippen molar-refractivity contribution in [1.29, 1.82) is 0 Å². The zero-order valence-corrected chi connectivity index (χ0v) is 11.4. The molecule has 1 atom stereocenters. The van der Waals surface area contributed by atoms with Crippen LogP contribution < -0.4 is 4.74 Å². The minimum absolute atomic E-state index is 0.00841. The van der Waals surface area contributed by atoms with Gasteiger partial charge in [0.05, 0.1) is 6.61 Å². The monoisotopic (exact) mass is 262 g/mol. The van der Waals surface area contributed by atoms with E-state index in [9.17, 15) is 4.79 Å². The fourth-order valence-electron chi connectivity index (χ4n) is 2.15. The van der Waals surface area contributed by atoms with E-state index in [0.29, 0.717) is 5.76 Å². The highest BCUT2D eigenvalue weighted by Crippen LogP contribution is 2.31. The van der Waals surface area contributed by atoms with Crippen molar-refractivity contribution in [3.05, 3.63) is 34.9 Å². The molecule has 1 unspecified atom stereocenters. The molecule has 4 heteroatoms. The summed E-state index contributed by atoms with van der Waals surface area (Å²) in [6.07, 6.45) is 1.13. The van der Waals surface area contributed by atoms with Gasteiger partial charge in [0.25, 0.3) is 0 Å². The van der Waals surface area contributed by atoms with Gasteiger partial charge in [-0.15, -0.1) is 0 Å². The Bertz CT molecular complexity index is 508. The summed E-state index contributed by atoms with van der Waals surface area (Å²) in [7, 11) is 0. The van der Waals surface area contributed by atoms with Crippen LogP contribution >= 0.6 is 0 Å². The summed E-state index contributed by atoms with van der Waals surface area (Å²) in [5.74, 6) is 1.37. The number of benzene rings is 1. The number of ketones is 1. The lowest BCUT2D eigenvalue weighted by Gasteiger charge is -2.14. The quantitative estimate of drug-likeness (QED) is 0.901. The number of aliphatic hydroxyl groups excluding tert-OH is 1. The lowest BCUT2D eigenvalue weighted by Crippen LogP contribution is -2.10. The number of aryl methyl sites for hydroxylation is 2. The number of ether oxygens (including phenoxy) is 2. The largest absolute Gasteiger partial charge is 0.491 e. The van der Waals surface area contributed by atoms with Gasteiger partial charge in [0.2, 0.25) is 0 Å². The van der Waals surface area contributed by atoms with Crippen LogP contribution in [0.1, 0.15) is 23.6 Å². The van der Waals surface area contributed by atoms with Crippen molar-refractivity contribution in [1.82, 2.24) is 0 Å². The smallest absolute Gasteiger partial charge is 0.199 e. The Morgan fingerprint density at radius 1 is 1.32 bits per heavy atom. The Kier molecular flexibility index (Phi) is 3.90. The third kappa shape index (κ3) is 2.79. The molecule has 0 bridgehead atoms. The van der Waals surface area contributed by atoms with E-state index in [-0.39, 0.29) is 19.0 Å². The molecule has 0 amide bonds. The highest BCUT2D eigenvalue weighted by molar-refractivity contribution is 6.02. The molecule has 0 saturated carbocycles. The van der Waals surface area contributed by atoms with E-state index in [1.54, 1.807) is 6.92 Å². The van der Waals surface area contributed by atoms with E-state index in [1.807, 2.05) is 26.0 Å². The van der Waals surface area contributed by atoms with Crippen molar-refractivity contribution in [3.63, 3.8) is 0 Å². The standard InChI is InChI=1S/C15H18O4/c1-9-6-12(14-8-13(17)11(3)19-14)7-10(2)15(9)18-5-4-16/h6-8,11,16H,4-5H2,1-3H3. The summed E-state index contributed by atoms with van der Waals surface area (Å²) in [5.41, 5.74) is 2.80. The molecule has 0 aromatic heterocycles. The number of aliphatic hydroxyl groups is 1. The zero-order chi connectivity index (χ0) is 14.0. The topological polar surface area (TPSA) is 55.8 Å². The molecule has 1 aliphatic rings. The maximum Gasteiger partial charge on any atom is 0.199 e. The summed E-state index contributed by atoms with van der Waals surface area (Å²) in [4.78, 5) is 11.5.